The fraction of sp³-hybridized carbons (Fsp3) is 0.438. The molecule has 0 radical (unpaired) electrons. The van der Waals surface area contributed by atoms with Gasteiger partial charge in [0.05, 0.1) is 24.3 Å². The molecule has 1 aromatic heterocycles. The summed E-state index contributed by atoms with van der Waals surface area (Å²) in [6.45, 7) is 0. The van der Waals surface area contributed by atoms with Crippen LogP contribution in [0.15, 0.2) is 36.8 Å². The molecule has 1 aromatic carbocycles. The molecule has 0 unspecified atom stereocenters. The van der Waals surface area contributed by atoms with Crippen molar-refractivity contribution in [2.45, 2.75) is 37.8 Å². The highest BCUT2D eigenvalue weighted by molar-refractivity contribution is 5.62. The third-order valence-electron chi connectivity index (χ3n) is 4.07. The third-order valence-corrected chi connectivity index (χ3v) is 4.07. The van der Waals surface area contributed by atoms with Gasteiger partial charge < -0.3 is 15.0 Å². The minimum atomic E-state index is 0.454. The van der Waals surface area contributed by atoms with Crippen LogP contribution in [0, 0.1) is 0 Å². The second-order valence-electron chi connectivity index (χ2n) is 5.40. The van der Waals surface area contributed by atoms with Gasteiger partial charge in [0.1, 0.15) is 0 Å². The van der Waals surface area contributed by atoms with Gasteiger partial charge in [-0.25, -0.2) is 4.98 Å². The zero-order valence-corrected chi connectivity index (χ0v) is 11.8. The molecule has 3 rings (SSSR count). The highest BCUT2D eigenvalue weighted by Gasteiger charge is 2.20. The summed E-state index contributed by atoms with van der Waals surface area (Å²) in [7, 11) is 1.81. The molecule has 4 heteroatoms. The molecule has 0 saturated heterocycles. The predicted octanol–water partition coefficient (Wildman–Crippen LogP) is 3.45. The number of nitrogens with zero attached hydrogens (tertiary/aromatic N) is 1. The Bertz CT molecular complexity index is 513. The summed E-state index contributed by atoms with van der Waals surface area (Å²) in [4.78, 5) is 7.17. The Balaban J connectivity index is 1.59. The van der Waals surface area contributed by atoms with E-state index in [1.165, 1.54) is 18.5 Å². The van der Waals surface area contributed by atoms with Gasteiger partial charge in [0.15, 0.2) is 0 Å². The summed E-state index contributed by atoms with van der Waals surface area (Å²) < 4.78 is 5.41. The number of hydrogen-bond donors (Lipinski definition) is 2. The smallest absolute Gasteiger partial charge is 0.0924 e. The van der Waals surface area contributed by atoms with Crippen LogP contribution in [0.4, 0.5) is 5.69 Å². The first-order valence-electron chi connectivity index (χ1n) is 7.23. The Morgan fingerprint density at radius 3 is 2.50 bits per heavy atom. The normalized spacial score (nSPS) is 22.6. The van der Waals surface area contributed by atoms with Gasteiger partial charge in [0, 0.05) is 18.8 Å². The van der Waals surface area contributed by atoms with Crippen molar-refractivity contribution in [1.29, 1.82) is 0 Å². The Hall–Kier alpha value is -1.81. The molecular weight excluding hydrogens is 250 g/mol. The first kappa shape index (κ1) is 13.2. The minimum absolute atomic E-state index is 0.454. The Labute approximate surface area is 119 Å². The van der Waals surface area contributed by atoms with Crippen molar-refractivity contribution in [3.8, 4) is 11.3 Å². The van der Waals surface area contributed by atoms with E-state index in [-0.39, 0.29) is 0 Å². The number of imidazole rings is 1. The van der Waals surface area contributed by atoms with Crippen LogP contribution < -0.4 is 5.32 Å². The van der Waals surface area contributed by atoms with E-state index in [0.717, 1.165) is 24.1 Å². The van der Waals surface area contributed by atoms with E-state index in [1.807, 2.05) is 13.3 Å². The summed E-state index contributed by atoms with van der Waals surface area (Å²) >= 11 is 0. The van der Waals surface area contributed by atoms with Gasteiger partial charge in [-0.15, -0.1) is 0 Å². The van der Waals surface area contributed by atoms with Crippen LogP contribution in [-0.2, 0) is 4.74 Å². The fourth-order valence-corrected chi connectivity index (χ4v) is 2.84. The lowest BCUT2D eigenvalue weighted by Crippen LogP contribution is -2.29. The summed E-state index contributed by atoms with van der Waals surface area (Å²) in [6.07, 6.45) is 8.67. The number of benzene rings is 1. The van der Waals surface area contributed by atoms with Crippen molar-refractivity contribution in [2.75, 3.05) is 12.4 Å². The van der Waals surface area contributed by atoms with Crippen LogP contribution >= 0.6 is 0 Å². The Kier molecular flexibility index (Phi) is 4.02. The van der Waals surface area contributed by atoms with Gasteiger partial charge >= 0.3 is 0 Å². The van der Waals surface area contributed by atoms with Gasteiger partial charge in [-0.05, 0) is 43.4 Å². The van der Waals surface area contributed by atoms with Crippen LogP contribution in [0.1, 0.15) is 25.7 Å². The van der Waals surface area contributed by atoms with E-state index in [2.05, 4.69) is 39.6 Å². The monoisotopic (exact) mass is 271 g/mol. The quantitative estimate of drug-likeness (QED) is 0.895. The molecule has 2 N–H and O–H groups in total. The SMILES string of the molecule is COC1CCC(Nc2ccc(-c3cnc[nH]3)cc2)CC1. The molecule has 0 aliphatic heterocycles. The van der Waals surface area contributed by atoms with E-state index in [9.17, 15) is 0 Å². The number of rotatable bonds is 4. The molecule has 0 amide bonds. The standard InChI is InChI=1S/C16H21N3O/c1-20-15-8-6-14(7-9-15)19-13-4-2-12(3-5-13)16-10-17-11-18-16/h2-5,10-11,14-15,19H,6-9H2,1H3,(H,17,18). The number of H-pyrrole nitrogens is 1. The number of anilines is 1. The van der Waals surface area contributed by atoms with Gasteiger partial charge in [0.2, 0.25) is 0 Å². The van der Waals surface area contributed by atoms with Crippen molar-refractivity contribution in [3.05, 3.63) is 36.8 Å². The van der Waals surface area contributed by atoms with E-state index in [0.29, 0.717) is 12.1 Å². The number of aromatic nitrogens is 2. The van der Waals surface area contributed by atoms with E-state index < -0.39 is 0 Å². The summed E-state index contributed by atoms with van der Waals surface area (Å²) in [5.41, 5.74) is 3.41. The van der Waals surface area contributed by atoms with Crippen LogP contribution in [0.3, 0.4) is 0 Å². The topological polar surface area (TPSA) is 49.9 Å². The van der Waals surface area contributed by atoms with Crippen LogP contribution in [0.25, 0.3) is 11.3 Å². The van der Waals surface area contributed by atoms with Crippen molar-refractivity contribution in [3.63, 3.8) is 0 Å². The third kappa shape index (κ3) is 3.02. The molecule has 0 bridgehead atoms. The maximum Gasteiger partial charge on any atom is 0.0924 e. The number of ether oxygens (including phenoxy) is 1. The lowest BCUT2D eigenvalue weighted by Gasteiger charge is -2.28. The van der Waals surface area contributed by atoms with Crippen LogP contribution in [0.2, 0.25) is 0 Å². The molecule has 1 aliphatic rings. The second kappa shape index (κ2) is 6.09. The lowest BCUT2D eigenvalue weighted by atomic mass is 9.93. The number of methoxy groups -OCH3 is 1. The largest absolute Gasteiger partial charge is 0.382 e. The lowest BCUT2D eigenvalue weighted by molar-refractivity contribution is 0.0682. The van der Waals surface area contributed by atoms with Crippen molar-refractivity contribution in [2.24, 2.45) is 0 Å². The molecule has 0 spiro atoms. The maximum atomic E-state index is 5.41. The molecule has 1 heterocycles. The van der Waals surface area contributed by atoms with Gasteiger partial charge in [-0.2, -0.15) is 0 Å². The highest BCUT2D eigenvalue weighted by atomic mass is 16.5. The molecule has 1 aliphatic carbocycles. The van der Waals surface area contributed by atoms with E-state index >= 15 is 0 Å². The predicted molar refractivity (Wildman–Crippen MR) is 80.7 cm³/mol. The van der Waals surface area contributed by atoms with Gasteiger partial charge in [-0.3, -0.25) is 0 Å². The number of nitrogens with one attached hydrogen (secondary N) is 2. The van der Waals surface area contributed by atoms with Crippen LogP contribution in [-0.4, -0.2) is 29.2 Å². The molecule has 20 heavy (non-hydrogen) atoms. The Morgan fingerprint density at radius 1 is 1.15 bits per heavy atom. The first-order valence-corrected chi connectivity index (χ1v) is 7.23. The zero-order chi connectivity index (χ0) is 13.8. The second-order valence-corrected chi connectivity index (χ2v) is 5.40. The summed E-state index contributed by atoms with van der Waals surface area (Å²) in [5, 5.41) is 3.62. The number of aromatic amines is 1. The van der Waals surface area contributed by atoms with Gasteiger partial charge in [0.25, 0.3) is 0 Å². The molecule has 1 fully saturated rings. The van der Waals surface area contributed by atoms with E-state index in [4.69, 9.17) is 4.74 Å². The molecule has 1 saturated carbocycles. The maximum absolute atomic E-state index is 5.41. The van der Waals surface area contributed by atoms with Crippen molar-refractivity contribution >= 4 is 5.69 Å². The van der Waals surface area contributed by atoms with E-state index in [1.54, 1.807) is 6.33 Å². The van der Waals surface area contributed by atoms with Crippen LogP contribution in [0.5, 0.6) is 0 Å². The van der Waals surface area contributed by atoms with Crippen molar-refractivity contribution < 1.29 is 4.74 Å². The fourth-order valence-electron chi connectivity index (χ4n) is 2.84. The molecular formula is C16H21N3O. The average molecular weight is 271 g/mol. The average Bonchev–Trinajstić information content (AvgIpc) is 3.03. The highest BCUT2D eigenvalue weighted by Crippen LogP contribution is 2.25. The van der Waals surface area contributed by atoms with Crippen molar-refractivity contribution in [1.82, 2.24) is 9.97 Å². The van der Waals surface area contributed by atoms with Gasteiger partial charge in [-0.1, -0.05) is 12.1 Å². The Morgan fingerprint density at radius 2 is 1.90 bits per heavy atom. The first-order chi connectivity index (χ1) is 9.85. The molecule has 4 nitrogen and oxygen atoms in total. The number of hydrogen-bond acceptors (Lipinski definition) is 3. The summed E-state index contributed by atoms with van der Waals surface area (Å²) in [6, 6.07) is 9.09. The minimum Gasteiger partial charge on any atom is -0.382 e. The molecule has 0 atom stereocenters. The summed E-state index contributed by atoms with van der Waals surface area (Å²) in [5.74, 6) is 0. The molecule has 106 valence electrons. The zero-order valence-electron chi connectivity index (χ0n) is 11.8. The molecule has 2 aromatic rings.